The van der Waals surface area contributed by atoms with Crippen LogP contribution in [-0.2, 0) is 23.9 Å². The zero-order chi connectivity index (χ0) is 33.0. The maximum atomic E-state index is 13.1. The molecule has 4 saturated carbocycles. The maximum absolute atomic E-state index is 13.1. The lowest BCUT2D eigenvalue weighted by Crippen LogP contribution is -2.55. The van der Waals surface area contributed by atoms with Crippen LogP contribution in [0.5, 0.6) is 0 Å². The predicted molar refractivity (Wildman–Crippen MR) is 169 cm³/mol. The van der Waals surface area contributed by atoms with Gasteiger partial charge in [0.2, 0.25) is 6.29 Å². The Bertz CT molecular complexity index is 1040. The standard InChI is InChI=1S/C30H50N2O4.C4H4O4/c1-20(2)9-8-10-21(3)11-13-32(29(34)36-22(4)35-28(33)30(5,6)7)14-12-31-27-25-16-23-15-24(18-25)19-26(27)17-23;5-3(6)1-2-4(7)8/h9,11,22-27,31H,8,10,12-19H2,1-7H3;1-2H,(H,5,6)(H,7,8)/b21-11+;2-1-. The van der Waals surface area contributed by atoms with Gasteiger partial charge in [0.1, 0.15) is 0 Å². The van der Waals surface area contributed by atoms with E-state index in [9.17, 15) is 19.2 Å². The van der Waals surface area contributed by atoms with E-state index in [0.29, 0.717) is 31.3 Å². The number of ether oxygens (including phenoxy) is 2. The SMILES string of the molecule is CC(C)=CCC/C(C)=C/CN(CCNC1C2CC3CC(C2)CC1C3)C(=O)OC(C)OC(=O)C(C)(C)C.O=C(O)/C=C\C(=O)O. The van der Waals surface area contributed by atoms with E-state index in [0.717, 1.165) is 43.1 Å². The molecule has 1 amide bonds. The van der Waals surface area contributed by atoms with Gasteiger partial charge in [-0.2, -0.15) is 0 Å². The van der Waals surface area contributed by atoms with E-state index in [1.807, 2.05) is 0 Å². The second-order valence-electron chi connectivity index (χ2n) is 13.8. The van der Waals surface area contributed by atoms with Crippen LogP contribution in [0.2, 0.25) is 0 Å². The molecule has 248 valence electrons. The number of hydrogen-bond acceptors (Lipinski definition) is 7. The highest BCUT2D eigenvalue weighted by molar-refractivity contribution is 5.89. The van der Waals surface area contributed by atoms with Crippen molar-refractivity contribution in [3.8, 4) is 0 Å². The van der Waals surface area contributed by atoms with Crippen molar-refractivity contribution in [2.75, 3.05) is 19.6 Å². The molecule has 10 heteroatoms. The van der Waals surface area contributed by atoms with Crippen LogP contribution >= 0.6 is 0 Å². The molecule has 1 unspecified atom stereocenters. The highest BCUT2D eigenvalue weighted by Gasteiger charge is 2.47. The molecule has 0 aromatic heterocycles. The Morgan fingerprint density at radius 2 is 1.43 bits per heavy atom. The number of aliphatic carboxylic acids is 2. The van der Waals surface area contributed by atoms with Gasteiger partial charge in [0.25, 0.3) is 0 Å². The number of carbonyl (C=O) groups excluding carboxylic acids is 2. The number of rotatable bonds is 13. The summed E-state index contributed by atoms with van der Waals surface area (Å²) in [7, 11) is 0. The molecule has 4 aliphatic carbocycles. The summed E-state index contributed by atoms with van der Waals surface area (Å²) >= 11 is 0. The van der Waals surface area contributed by atoms with Gasteiger partial charge in [-0.3, -0.25) is 4.79 Å². The minimum Gasteiger partial charge on any atom is -0.478 e. The average Bonchev–Trinajstić information content (AvgIpc) is 2.89. The Labute approximate surface area is 262 Å². The minimum atomic E-state index is -1.26. The van der Waals surface area contributed by atoms with Crippen LogP contribution in [0.1, 0.15) is 93.4 Å². The molecular formula is C34H54N2O8. The third-order valence-corrected chi connectivity index (χ3v) is 8.52. The Morgan fingerprint density at radius 3 is 1.91 bits per heavy atom. The number of hydrogen-bond donors (Lipinski definition) is 3. The summed E-state index contributed by atoms with van der Waals surface area (Å²) in [5, 5.41) is 19.5. The summed E-state index contributed by atoms with van der Waals surface area (Å²) in [6.07, 6.45) is 13.0. The molecule has 10 nitrogen and oxygen atoms in total. The van der Waals surface area contributed by atoms with Crippen molar-refractivity contribution < 1.29 is 38.9 Å². The van der Waals surface area contributed by atoms with Crippen molar-refractivity contribution in [2.24, 2.45) is 29.1 Å². The highest BCUT2D eigenvalue weighted by Crippen LogP contribution is 2.53. The van der Waals surface area contributed by atoms with Crippen molar-refractivity contribution in [1.82, 2.24) is 10.2 Å². The monoisotopic (exact) mass is 618 g/mol. The van der Waals surface area contributed by atoms with E-state index in [1.54, 1.807) is 32.6 Å². The van der Waals surface area contributed by atoms with Gasteiger partial charge in [-0.1, -0.05) is 23.3 Å². The lowest BCUT2D eigenvalue weighted by atomic mass is 9.54. The average molecular weight is 619 g/mol. The second kappa shape index (κ2) is 17.4. The molecule has 0 aromatic carbocycles. The number of carboxylic acids is 2. The van der Waals surface area contributed by atoms with Gasteiger partial charge in [0.15, 0.2) is 0 Å². The minimum absolute atomic E-state index is 0.382. The highest BCUT2D eigenvalue weighted by atomic mass is 16.7. The molecule has 4 rings (SSSR count). The Kier molecular flexibility index (Phi) is 14.6. The van der Waals surface area contributed by atoms with Crippen molar-refractivity contribution in [1.29, 1.82) is 0 Å². The normalized spacial score (nSPS) is 24.6. The quantitative estimate of drug-likeness (QED) is 0.0954. The Balaban J connectivity index is 0.000000742. The molecule has 44 heavy (non-hydrogen) atoms. The van der Waals surface area contributed by atoms with Gasteiger partial charge in [0.05, 0.1) is 5.41 Å². The number of amides is 1. The van der Waals surface area contributed by atoms with Crippen molar-refractivity contribution >= 4 is 24.0 Å². The molecule has 0 aliphatic heterocycles. The fraction of sp³-hybridized carbons (Fsp3) is 0.706. The van der Waals surface area contributed by atoms with Crippen LogP contribution < -0.4 is 5.32 Å². The van der Waals surface area contributed by atoms with Crippen LogP contribution in [0.15, 0.2) is 35.5 Å². The fourth-order valence-corrected chi connectivity index (χ4v) is 6.55. The van der Waals surface area contributed by atoms with E-state index in [1.165, 1.54) is 43.3 Å². The van der Waals surface area contributed by atoms with E-state index in [4.69, 9.17) is 19.7 Å². The van der Waals surface area contributed by atoms with Crippen LogP contribution in [0.4, 0.5) is 4.79 Å². The molecule has 4 fully saturated rings. The number of esters is 1. The van der Waals surface area contributed by atoms with Gasteiger partial charge in [-0.15, -0.1) is 0 Å². The Morgan fingerprint density at radius 1 is 0.886 bits per heavy atom. The molecule has 3 N–H and O–H groups in total. The summed E-state index contributed by atoms with van der Waals surface area (Å²) in [5.74, 6) is 0.613. The van der Waals surface area contributed by atoms with Crippen molar-refractivity contribution in [3.05, 3.63) is 35.5 Å². The molecule has 0 spiro atoms. The Hall–Kier alpha value is -3.14. The molecule has 4 bridgehead atoms. The van der Waals surface area contributed by atoms with Crippen LogP contribution in [0.25, 0.3) is 0 Å². The first-order valence-corrected chi connectivity index (χ1v) is 15.9. The molecule has 4 aliphatic rings. The number of allylic oxidation sites excluding steroid dienone is 3. The zero-order valence-corrected chi connectivity index (χ0v) is 27.6. The van der Waals surface area contributed by atoms with Gasteiger partial charge in [-0.25, -0.2) is 14.4 Å². The van der Waals surface area contributed by atoms with Gasteiger partial charge >= 0.3 is 24.0 Å². The summed E-state index contributed by atoms with van der Waals surface area (Å²) < 4.78 is 10.9. The molecule has 0 saturated heterocycles. The lowest BCUT2D eigenvalue weighted by Gasteiger charge is -2.54. The first-order chi connectivity index (χ1) is 20.5. The summed E-state index contributed by atoms with van der Waals surface area (Å²) in [5.41, 5.74) is 1.93. The largest absolute Gasteiger partial charge is 0.478 e. The lowest BCUT2D eigenvalue weighted by molar-refractivity contribution is -0.175. The topological polar surface area (TPSA) is 142 Å². The molecule has 0 heterocycles. The van der Waals surface area contributed by atoms with Crippen molar-refractivity contribution in [2.45, 2.75) is 106 Å². The number of carbonyl (C=O) groups is 4. The first-order valence-electron chi connectivity index (χ1n) is 15.9. The number of nitrogens with one attached hydrogen (secondary N) is 1. The van der Waals surface area contributed by atoms with Gasteiger partial charge in [-0.05, 0) is 110 Å². The second-order valence-corrected chi connectivity index (χ2v) is 13.8. The summed E-state index contributed by atoms with van der Waals surface area (Å²) in [4.78, 5) is 46.1. The van der Waals surface area contributed by atoms with Crippen LogP contribution in [0.3, 0.4) is 0 Å². The molecular weight excluding hydrogens is 564 g/mol. The molecule has 1 atom stereocenters. The van der Waals surface area contributed by atoms with Crippen LogP contribution in [-0.4, -0.2) is 71.1 Å². The van der Waals surface area contributed by atoms with E-state index in [2.05, 4.69) is 38.2 Å². The third kappa shape index (κ3) is 13.2. The summed E-state index contributed by atoms with van der Waals surface area (Å²) in [6.45, 7) is 15.1. The third-order valence-electron chi connectivity index (χ3n) is 8.52. The van der Waals surface area contributed by atoms with Crippen LogP contribution in [0, 0.1) is 29.1 Å². The number of nitrogens with zero attached hydrogens (tertiary/aromatic N) is 1. The molecule has 0 aromatic rings. The first kappa shape index (κ1) is 37.0. The fourth-order valence-electron chi connectivity index (χ4n) is 6.55. The number of carboxylic acid groups (broad SMARTS) is 2. The predicted octanol–water partition coefficient (Wildman–Crippen LogP) is 6.18. The van der Waals surface area contributed by atoms with E-state index >= 15 is 0 Å². The van der Waals surface area contributed by atoms with E-state index < -0.39 is 29.7 Å². The van der Waals surface area contributed by atoms with Gasteiger partial charge < -0.3 is 29.9 Å². The zero-order valence-electron chi connectivity index (χ0n) is 27.6. The maximum Gasteiger partial charge on any atom is 0.413 e. The van der Waals surface area contributed by atoms with Crippen molar-refractivity contribution in [3.63, 3.8) is 0 Å². The molecule has 0 radical (unpaired) electrons. The summed E-state index contributed by atoms with van der Waals surface area (Å²) in [6, 6.07) is 0.587. The smallest absolute Gasteiger partial charge is 0.413 e. The van der Waals surface area contributed by atoms with E-state index in [-0.39, 0.29) is 5.97 Å². The van der Waals surface area contributed by atoms with Gasteiger partial charge in [0, 0.05) is 44.8 Å².